The fourth-order valence-electron chi connectivity index (χ4n) is 0.499. The first-order valence-corrected chi connectivity index (χ1v) is 2.32. The van der Waals surface area contributed by atoms with Crippen LogP contribution in [-0.2, 0) is 4.79 Å². The second-order valence-corrected chi connectivity index (χ2v) is 1.59. The van der Waals surface area contributed by atoms with Crippen molar-refractivity contribution in [3.63, 3.8) is 0 Å². The Morgan fingerprint density at radius 3 is 2.67 bits per heavy atom. The summed E-state index contributed by atoms with van der Waals surface area (Å²) in [6.45, 7) is -2.95. The highest BCUT2D eigenvalue weighted by atomic mass is 19.3. The summed E-state index contributed by atoms with van der Waals surface area (Å²) < 4.78 is 23.1. The second kappa shape index (κ2) is 2.08. The summed E-state index contributed by atoms with van der Waals surface area (Å²) in [4.78, 5) is 10.2. The molecule has 1 rings (SSSR count). The van der Waals surface area contributed by atoms with E-state index in [1.54, 1.807) is 0 Å². The van der Waals surface area contributed by atoms with Crippen molar-refractivity contribution >= 4 is 12.0 Å². The predicted octanol–water partition coefficient (Wildman–Crippen LogP) is 0.0795. The molecule has 9 heavy (non-hydrogen) atoms. The van der Waals surface area contributed by atoms with Gasteiger partial charge in [0.25, 0.3) is 0 Å². The van der Waals surface area contributed by atoms with E-state index in [0.29, 0.717) is 5.01 Å². The number of hydrogen-bond acceptors (Lipinski definition) is 3. The largest absolute Gasteiger partial charge is 0.329 e. The number of halogens is 2. The van der Waals surface area contributed by atoms with Crippen LogP contribution < -0.4 is 0 Å². The van der Waals surface area contributed by atoms with Gasteiger partial charge in [-0.15, -0.1) is 0 Å². The van der Waals surface area contributed by atoms with Gasteiger partial charge in [-0.2, -0.15) is 13.9 Å². The van der Waals surface area contributed by atoms with Crippen molar-refractivity contribution in [2.75, 3.05) is 6.54 Å². The molecule has 0 N–H and O–H groups in total. The number of carbonyl (C=O) groups excluding carboxylic acids is 1. The van der Waals surface area contributed by atoms with E-state index in [1.807, 2.05) is 0 Å². The molecular weight excluding hydrogens is 130 g/mol. The normalized spacial score (nSPS) is 18.1. The molecule has 0 saturated carbocycles. The van der Waals surface area contributed by atoms with Gasteiger partial charge >= 0.3 is 6.55 Å². The van der Waals surface area contributed by atoms with Crippen molar-refractivity contribution < 1.29 is 13.6 Å². The molecule has 1 heterocycles. The van der Waals surface area contributed by atoms with Crippen LogP contribution in [0.1, 0.15) is 0 Å². The van der Waals surface area contributed by atoms with E-state index in [0.717, 1.165) is 6.21 Å². The molecule has 0 unspecified atom stereocenters. The van der Waals surface area contributed by atoms with E-state index in [9.17, 15) is 13.6 Å². The zero-order valence-electron chi connectivity index (χ0n) is 4.42. The molecule has 0 bridgehead atoms. The number of alkyl halides is 2. The third kappa shape index (κ3) is 1.22. The Morgan fingerprint density at radius 2 is 2.44 bits per heavy atom. The Bertz CT molecular complexity index is 157. The molecule has 0 aliphatic carbocycles. The summed E-state index contributed by atoms with van der Waals surface area (Å²) >= 11 is 0. The first-order valence-electron chi connectivity index (χ1n) is 2.32. The van der Waals surface area contributed by atoms with Crippen LogP contribution in [0.25, 0.3) is 0 Å². The fourth-order valence-corrected chi connectivity index (χ4v) is 0.499. The van der Waals surface area contributed by atoms with Gasteiger partial charge in [-0.3, -0.25) is 4.79 Å². The predicted molar refractivity (Wildman–Crippen MR) is 26.2 cm³/mol. The van der Waals surface area contributed by atoms with Crippen LogP contribution in [0.5, 0.6) is 0 Å². The third-order valence-corrected chi connectivity index (χ3v) is 0.893. The average molecular weight is 134 g/mol. The van der Waals surface area contributed by atoms with Crippen LogP contribution in [0.15, 0.2) is 5.10 Å². The number of rotatable bonds is 1. The molecule has 0 radical (unpaired) electrons. The third-order valence-electron chi connectivity index (χ3n) is 0.893. The smallest absolute Gasteiger partial charge is 0.291 e. The lowest BCUT2D eigenvalue weighted by Gasteiger charge is -2.08. The van der Waals surface area contributed by atoms with Crippen LogP contribution in [0, 0.1) is 0 Å². The van der Waals surface area contributed by atoms with Gasteiger partial charge in [0.1, 0.15) is 6.54 Å². The van der Waals surface area contributed by atoms with Gasteiger partial charge in [0.05, 0.1) is 6.21 Å². The topological polar surface area (TPSA) is 32.7 Å². The maximum atomic E-state index is 11.6. The lowest BCUT2D eigenvalue weighted by Crippen LogP contribution is -2.23. The number of Topliss-reactive ketones (excluding diaryl/α,β-unsaturated/α-hetero) is 1. The van der Waals surface area contributed by atoms with Crippen molar-refractivity contribution in [1.82, 2.24) is 5.01 Å². The number of ketones is 1. The molecule has 0 aromatic heterocycles. The lowest BCUT2D eigenvalue weighted by molar-refractivity contribution is -0.115. The zero-order chi connectivity index (χ0) is 6.85. The molecule has 0 amide bonds. The molecule has 0 aromatic rings. The minimum Gasteiger partial charge on any atom is -0.291 e. The minimum atomic E-state index is -2.66. The summed E-state index contributed by atoms with van der Waals surface area (Å²) in [5, 5.41) is 3.56. The van der Waals surface area contributed by atoms with Crippen molar-refractivity contribution in [2.45, 2.75) is 6.55 Å². The highest BCUT2D eigenvalue weighted by molar-refractivity contribution is 6.29. The monoisotopic (exact) mass is 134 g/mol. The fraction of sp³-hybridized carbons (Fsp3) is 0.500. The molecule has 1 aliphatic rings. The highest BCUT2D eigenvalue weighted by Gasteiger charge is 2.20. The van der Waals surface area contributed by atoms with E-state index in [-0.39, 0.29) is 12.3 Å². The van der Waals surface area contributed by atoms with E-state index in [4.69, 9.17) is 0 Å². The Balaban J connectivity index is 2.50. The van der Waals surface area contributed by atoms with Gasteiger partial charge in [0.2, 0.25) is 0 Å². The van der Waals surface area contributed by atoms with Crippen LogP contribution in [-0.4, -0.2) is 30.1 Å². The van der Waals surface area contributed by atoms with E-state index in [1.165, 1.54) is 0 Å². The summed E-state index contributed by atoms with van der Waals surface area (Å²) in [5.74, 6) is -0.379. The average Bonchev–Trinajstić information content (AvgIpc) is 2.14. The Kier molecular flexibility index (Phi) is 1.42. The van der Waals surface area contributed by atoms with Crippen LogP contribution >= 0.6 is 0 Å². The maximum absolute atomic E-state index is 11.6. The molecule has 5 heteroatoms. The summed E-state index contributed by atoms with van der Waals surface area (Å²) in [6.07, 6.45) is 0.895. The first-order chi connectivity index (χ1) is 4.20. The van der Waals surface area contributed by atoms with E-state index >= 15 is 0 Å². The van der Waals surface area contributed by atoms with Gasteiger partial charge in [0, 0.05) is 0 Å². The molecule has 1 aliphatic heterocycles. The molecule has 0 saturated heterocycles. The molecule has 0 spiro atoms. The lowest BCUT2D eigenvalue weighted by atomic mass is 10.4. The Labute approximate surface area is 49.9 Å². The van der Waals surface area contributed by atoms with Gasteiger partial charge in [-0.05, 0) is 0 Å². The number of nitrogens with zero attached hydrogens (tertiary/aromatic N) is 2. The van der Waals surface area contributed by atoms with Crippen molar-refractivity contribution in [3.05, 3.63) is 0 Å². The highest BCUT2D eigenvalue weighted by Crippen LogP contribution is 2.05. The van der Waals surface area contributed by atoms with Crippen LogP contribution in [0.4, 0.5) is 8.78 Å². The second-order valence-electron chi connectivity index (χ2n) is 1.59. The van der Waals surface area contributed by atoms with Gasteiger partial charge in [0.15, 0.2) is 5.78 Å². The standard InChI is InChI=1S/C4H4F2N2O/c5-4(6)8-2-3(9)1-7-8/h1,4H,2H2. The Morgan fingerprint density at radius 1 is 1.78 bits per heavy atom. The van der Waals surface area contributed by atoms with Crippen LogP contribution in [0.2, 0.25) is 0 Å². The quantitative estimate of drug-likeness (QED) is 0.476. The number of hydrogen-bond donors (Lipinski definition) is 0. The maximum Gasteiger partial charge on any atom is 0.329 e. The summed E-state index contributed by atoms with van der Waals surface area (Å²) in [6, 6.07) is 0. The molecular formula is C4H4F2N2O. The van der Waals surface area contributed by atoms with Gasteiger partial charge < -0.3 is 0 Å². The van der Waals surface area contributed by atoms with E-state index in [2.05, 4.69) is 5.10 Å². The summed E-state index contributed by atoms with van der Waals surface area (Å²) in [5.41, 5.74) is 0. The van der Waals surface area contributed by atoms with Gasteiger partial charge in [-0.1, -0.05) is 0 Å². The van der Waals surface area contributed by atoms with Crippen LogP contribution in [0.3, 0.4) is 0 Å². The first kappa shape index (κ1) is 6.12. The van der Waals surface area contributed by atoms with E-state index < -0.39 is 6.55 Å². The molecule has 50 valence electrons. The van der Waals surface area contributed by atoms with Crippen molar-refractivity contribution in [3.8, 4) is 0 Å². The van der Waals surface area contributed by atoms with Gasteiger partial charge in [-0.25, -0.2) is 5.01 Å². The SMILES string of the molecule is O=C1C=NN(C(F)F)C1. The summed E-state index contributed by atoms with van der Waals surface area (Å²) in [7, 11) is 0. The molecule has 3 nitrogen and oxygen atoms in total. The minimum absolute atomic E-state index is 0.294. The van der Waals surface area contributed by atoms with Crippen molar-refractivity contribution in [1.29, 1.82) is 0 Å². The molecule has 0 aromatic carbocycles. The molecule has 0 fully saturated rings. The number of hydrazone groups is 1. The molecule has 0 atom stereocenters. The zero-order valence-corrected chi connectivity index (χ0v) is 4.42. The number of carbonyl (C=O) groups is 1. The van der Waals surface area contributed by atoms with Crippen molar-refractivity contribution in [2.24, 2.45) is 5.10 Å². The Hall–Kier alpha value is -1.00.